The minimum atomic E-state index is -4.55. The lowest BCUT2D eigenvalue weighted by Gasteiger charge is -2.16. The van der Waals surface area contributed by atoms with Gasteiger partial charge < -0.3 is 14.3 Å². The molecule has 0 aliphatic carbocycles. The molecule has 0 unspecified atom stereocenters. The quantitative estimate of drug-likeness (QED) is 0.626. The topological polar surface area (TPSA) is 72.9 Å². The standard InChI is InChI=1S/C18H17F3N4O2S/c1-10-12(8-9-27-10)15-23-24-17(25(15)3)28-11(2)16(26)22-14-7-5-4-6-13(14)18(19,20)21/h4-9,11H,1-3H3,(H,22,26)/t11-/m0/s1. The molecular formula is C18H17F3N4O2S. The van der Waals surface area contributed by atoms with Crippen LogP contribution in [0.4, 0.5) is 18.9 Å². The molecule has 2 aromatic heterocycles. The number of aromatic nitrogens is 3. The van der Waals surface area contributed by atoms with Crippen molar-refractivity contribution < 1.29 is 22.4 Å². The van der Waals surface area contributed by atoms with E-state index in [9.17, 15) is 18.0 Å². The van der Waals surface area contributed by atoms with Crippen molar-refractivity contribution in [2.45, 2.75) is 30.4 Å². The van der Waals surface area contributed by atoms with Crippen LogP contribution < -0.4 is 5.32 Å². The Kier molecular flexibility index (Phi) is 5.50. The Hall–Kier alpha value is -2.75. The average molecular weight is 410 g/mol. The molecule has 2 heterocycles. The second-order valence-electron chi connectivity index (χ2n) is 6.05. The number of aryl methyl sites for hydroxylation is 1. The van der Waals surface area contributed by atoms with Crippen LogP contribution in [-0.4, -0.2) is 25.9 Å². The molecule has 1 N–H and O–H groups in total. The van der Waals surface area contributed by atoms with E-state index in [0.717, 1.165) is 23.4 Å². The molecule has 0 aliphatic heterocycles. The number of furan rings is 1. The zero-order valence-corrected chi connectivity index (χ0v) is 16.1. The van der Waals surface area contributed by atoms with Gasteiger partial charge in [0, 0.05) is 7.05 Å². The molecule has 0 bridgehead atoms. The number of carbonyl (C=O) groups is 1. The van der Waals surface area contributed by atoms with E-state index in [0.29, 0.717) is 16.7 Å². The van der Waals surface area contributed by atoms with Gasteiger partial charge in [0.05, 0.1) is 28.3 Å². The van der Waals surface area contributed by atoms with E-state index in [1.807, 2.05) is 0 Å². The number of hydrogen-bond donors (Lipinski definition) is 1. The Balaban J connectivity index is 1.74. The van der Waals surface area contributed by atoms with Crippen LogP contribution in [0.2, 0.25) is 0 Å². The number of nitrogens with one attached hydrogen (secondary N) is 1. The van der Waals surface area contributed by atoms with Crippen LogP contribution >= 0.6 is 11.8 Å². The van der Waals surface area contributed by atoms with Crippen LogP contribution in [0.5, 0.6) is 0 Å². The highest BCUT2D eigenvalue weighted by atomic mass is 32.2. The van der Waals surface area contributed by atoms with E-state index in [1.54, 1.807) is 37.8 Å². The number of alkyl halides is 3. The van der Waals surface area contributed by atoms with Gasteiger partial charge in [-0.15, -0.1) is 10.2 Å². The van der Waals surface area contributed by atoms with Crippen molar-refractivity contribution in [2.24, 2.45) is 7.05 Å². The lowest BCUT2D eigenvalue weighted by Crippen LogP contribution is -2.24. The zero-order chi connectivity index (χ0) is 20.5. The number of nitrogens with zero attached hydrogens (tertiary/aromatic N) is 3. The molecular weight excluding hydrogens is 393 g/mol. The second-order valence-corrected chi connectivity index (χ2v) is 7.36. The first kappa shape index (κ1) is 20.0. The minimum Gasteiger partial charge on any atom is -0.469 e. The van der Waals surface area contributed by atoms with E-state index in [2.05, 4.69) is 15.5 Å². The predicted octanol–water partition coefficient (Wildman–Crippen LogP) is 4.52. The third-order valence-corrected chi connectivity index (χ3v) is 5.21. The third kappa shape index (κ3) is 4.06. The minimum absolute atomic E-state index is 0.278. The summed E-state index contributed by atoms with van der Waals surface area (Å²) in [7, 11) is 1.74. The molecule has 0 spiro atoms. The Morgan fingerprint density at radius 3 is 2.61 bits per heavy atom. The van der Waals surface area contributed by atoms with Crippen molar-refractivity contribution in [2.75, 3.05) is 5.32 Å². The van der Waals surface area contributed by atoms with E-state index < -0.39 is 22.9 Å². The number of carbonyl (C=O) groups excluding carboxylic acids is 1. The van der Waals surface area contributed by atoms with Gasteiger partial charge in [0.2, 0.25) is 5.91 Å². The number of amides is 1. The van der Waals surface area contributed by atoms with E-state index in [1.165, 1.54) is 18.2 Å². The highest BCUT2D eigenvalue weighted by Crippen LogP contribution is 2.35. The summed E-state index contributed by atoms with van der Waals surface area (Å²) in [5, 5.41) is 10.3. The highest BCUT2D eigenvalue weighted by molar-refractivity contribution is 8.00. The number of para-hydroxylation sites is 1. The summed E-state index contributed by atoms with van der Waals surface area (Å²) in [5.74, 6) is 0.691. The molecule has 1 amide bonds. The Morgan fingerprint density at radius 2 is 1.96 bits per heavy atom. The van der Waals surface area contributed by atoms with Gasteiger partial charge in [0.25, 0.3) is 0 Å². The first-order valence-electron chi connectivity index (χ1n) is 8.26. The van der Waals surface area contributed by atoms with Gasteiger partial charge in [-0.3, -0.25) is 4.79 Å². The fourth-order valence-electron chi connectivity index (χ4n) is 2.55. The van der Waals surface area contributed by atoms with Gasteiger partial charge in [-0.25, -0.2) is 0 Å². The molecule has 1 aromatic carbocycles. The summed E-state index contributed by atoms with van der Waals surface area (Å²) in [6.07, 6.45) is -3.01. The molecule has 148 valence electrons. The van der Waals surface area contributed by atoms with Gasteiger partial charge in [0.15, 0.2) is 11.0 Å². The van der Waals surface area contributed by atoms with Crippen LogP contribution in [0.15, 0.2) is 46.2 Å². The lowest BCUT2D eigenvalue weighted by molar-refractivity contribution is -0.137. The highest BCUT2D eigenvalue weighted by Gasteiger charge is 2.34. The molecule has 28 heavy (non-hydrogen) atoms. The molecule has 10 heteroatoms. The normalized spacial score (nSPS) is 12.8. The van der Waals surface area contributed by atoms with E-state index >= 15 is 0 Å². The number of rotatable bonds is 5. The molecule has 0 radical (unpaired) electrons. The molecule has 1 atom stereocenters. The van der Waals surface area contributed by atoms with Crippen LogP contribution in [-0.2, 0) is 18.0 Å². The van der Waals surface area contributed by atoms with Crippen LogP contribution in [0.25, 0.3) is 11.4 Å². The first-order valence-corrected chi connectivity index (χ1v) is 9.14. The van der Waals surface area contributed by atoms with Gasteiger partial charge in [-0.05, 0) is 32.0 Å². The zero-order valence-electron chi connectivity index (χ0n) is 15.2. The van der Waals surface area contributed by atoms with Crippen molar-refractivity contribution in [1.82, 2.24) is 14.8 Å². The van der Waals surface area contributed by atoms with Crippen molar-refractivity contribution in [3.63, 3.8) is 0 Å². The molecule has 0 aliphatic rings. The number of benzene rings is 1. The van der Waals surface area contributed by atoms with E-state index in [4.69, 9.17) is 4.42 Å². The molecule has 6 nitrogen and oxygen atoms in total. The van der Waals surface area contributed by atoms with Crippen molar-refractivity contribution in [3.05, 3.63) is 47.9 Å². The van der Waals surface area contributed by atoms with E-state index in [-0.39, 0.29) is 5.69 Å². The summed E-state index contributed by atoms with van der Waals surface area (Å²) >= 11 is 1.10. The monoisotopic (exact) mass is 410 g/mol. The third-order valence-electron chi connectivity index (χ3n) is 4.08. The van der Waals surface area contributed by atoms with Crippen molar-refractivity contribution in [1.29, 1.82) is 0 Å². The predicted molar refractivity (Wildman–Crippen MR) is 98.8 cm³/mol. The summed E-state index contributed by atoms with van der Waals surface area (Å²) < 4.78 is 46.2. The lowest BCUT2D eigenvalue weighted by atomic mass is 10.1. The summed E-state index contributed by atoms with van der Waals surface area (Å²) in [5.41, 5.74) is -0.393. The van der Waals surface area contributed by atoms with Crippen LogP contribution in [0.1, 0.15) is 18.2 Å². The van der Waals surface area contributed by atoms with Gasteiger partial charge in [-0.2, -0.15) is 13.2 Å². The van der Waals surface area contributed by atoms with Crippen LogP contribution in [0, 0.1) is 6.92 Å². The number of thioether (sulfide) groups is 1. The SMILES string of the molecule is Cc1occc1-c1nnc(S[C@@H](C)C(=O)Nc2ccccc2C(F)(F)F)n1C. The second kappa shape index (κ2) is 7.70. The maximum Gasteiger partial charge on any atom is 0.418 e. The van der Waals surface area contributed by atoms with Crippen molar-refractivity contribution in [3.8, 4) is 11.4 Å². The Labute approximate surface area is 163 Å². The molecule has 0 saturated heterocycles. The number of anilines is 1. The van der Waals surface area contributed by atoms with Gasteiger partial charge in [0.1, 0.15) is 5.76 Å². The maximum absolute atomic E-state index is 13.1. The molecule has 0 saturated carbocycles. The smallest absolute Gasteiger partial charge is 0.418 e. The van der Waals surface area contributed by atoms with Crippen molar-refractivity contribution >= 4 is 23.4 Å². The molecule has 3 rings (SSSR count). The average Bonchev–Trinajstić information content (AvgIpc) is 3.20. The van der Waals surface area contributed by atoms with Crippen LogP contribution in [0.3, 0.4) is 0 Å². The number of halogens is 3. The van der Waals surface area contributed by atoms with Gasteiger partial charge >= 0.3 is 6.18 Å². The first-order chi connectivity index (χ1) is 13.2. The largest absolute Gasteiger partial charge is 0.469 e. The Morgan fingerprint density at radius 1 is 1.25 bits per heavy atom. The maximum atomic E-state index is 13.1. The summed E-state index contributed by atoms with van der Waals surface area (Å²) in [4.78, 5) is 12.4. The fourth-order valence-corrected chi connectivity index (χ4v) is 3.37. The molecule has 3 aromatic rings. The molecule has 0 fully saturated rings. The van der Waals surface area contributed by atoms with Gasteiger partial charge in [-0.1, -0.05) is 23.9 Å². The Bertz CT molecular complexity index is 997. The fraction of sp³-hybridized carbons (Fsp3) is 0.278. The summed E-state index contributed by atoms with van der Waals surface area (Å²) in [6.45, 7) is 3.39. The summed E-state index contributed by atoms with van der Waals surface area (Å²) in [6, 6.07) is 6.62. The number of hydrogen-bond acceptors (Lipinski definition) is 5.